The van der Waals surface area contributed by atoms with Crippen molar-refractivity contribution in [2.45, 2.75) is 57.9 Å². The lowest BCUT2D eigenvalue weighted by Gasteiger charge is -2.16. The zero-order chi connectivity index (χ0) is 34.2. The lowest BCUT2D eigenvalue weighted by molar-refractivity contribution is -0.139. The standard InChI is InChI=1S/C36H45N3O8/c1-5-6-7-8-9-22-46-29-17-13-27(14-18-29)36(44)47-31-19-10-25(24-32(31)45-4)23-30(35(42)43)38-34(41)26-11-15-28(16-12-26)37-33(40)20-21-39(2)3/h10-19,24,30H,5-9,20-23H2,1-4H3,(H,37,40)(H,38,41)(H,42,43). The van der Waals surface area contributed by atoms with Gasteiger partial charge in [0.05, 0.1) is 19.3 Å². The number of esters is 1. The summed E-state index contributed by atoms with van der Waals surface area (Å²) in [4.78, 5) is 51.7. The first-order valence-corrected chi connectivity index (χ1v) is 15.8. The number of amides is 2. The molecule has 0 aliphatic rings. The molecule has 0 aliphatic heterocycles. The van der Waals surface area contributed by atoms with Crippen molar-refractivity contribution < 1.29 is 38.5 Å². The van der Waals surface area contributed by atoms with E-state index in [1.807, 2.05) is 19.0 Å². The Balaban J connectivity index is 1.56. The van der Waals surface area contributed by atoms with Gasteiger partial charge in [-0.3, -0.25) is 9.59 Å². The molecule has 2 amide bonds. The molecular weight excluding hydrogens is 602 g/mol. The number of methoxy groups -OCH3 is 1. The Bertz CT molecular complexity index is 1470. The molecule has 11 nitrogen and oxygen atoms in total. The number of hydrogen-bond donors (Lipinski definition) is 3. The number of benzene rings is 3. The predicted molar refractivity (Wildman–Crippen MR) is 179 cm³/mol. The maximum atomic E-state index is 12.9. The maximum absolute atomic E-state index is 12.9. The van der Waals surface area contributed by atoms with Crippen LogP contribution in [-0.4, -0.2) is 74.2 Å². The number of carbonyl (C=O) groups excluding carboxylic acids is 3. The van der Waals surface area contributed by atoms with Crippen molar-refractivity contribution in [3.05, 3.63) is 83.4 Å². The van der Waals surface area contributed by atoms with E-state index in [2.05, 4.69) is 17.6 Å². The van der Waals surface area contributed by atoms with Crippen molar-refractivity contribution in [1.82, 2.24) is 10.2 Å². The molecule has 0 saturated carbocycles. The highest BCUT2D eigenvalue weighted by Crippen LogP contribution is 2.30. The summed E-state index contributed by atoms with van der Waals surface area (Å²) >= 11 is 0. The highest BCUT2D eigenvalue weighted by Gasteiger charge is 2.23. The van der Waals surface area contributed by atoms with Gasteiger partial charge in [0, 0.05) is 30.6 Å². The summed E-state index contributed by atoms with van der Waals surface area (Å²) < 4.78 is 16.7. The van der Waals surface area contributed by atoms with Crippen LogP contribution in [0.1, 0.15) is 71.7 Å². The number of carboxylic acid groups (broad SMARTS) is 1. The molecule has 0 aromatic heterocycles. The van der Waals surface area contributed by atoms with Crippen molar-refractivity contribution in [2.75, 3.05) is 39.7 Å². The number of hydrogen-bond acceptors (Lipinski definition) is 8. The molecule has 252 valence electrons. The average molecular weight is 648 g/mol. The fraction of sp³-hybridized carbons (Fsp3) is 0.389. The molecule has 47 heavy (non-hydrogen) atoms. The van der Waals surface area contributed by atoms with Gasteiger partial charge in [-0.2, -0.15) is 0 Å². The van der Waals surface area contributed by atoms with Crippen LogP contribution >= 0.6 is 0 Å². The molecule has 3 N–H and O–H groups in total. The topological polar surface area (TPSA) is 143 Å². The first-order chi connectivity index (χ1) is 22.6. The van der Waals surface area contributed by atoms with Crippen molar-refractivity contribution in [1.29, 1.82) is 0 Å². The number of ether oxygens (including phenoxy) is 3. The fourth-order valence-electron chi connectivity index (χ4n) is 4.60. The molecule has 3 aromatic rings. The number of rotatable bonds is 19. The van der Waals surface area contributed by atoms with Crippen molar-refractivity contribution in [2.24, 2.45) is 0 Å². The first kappa shape index (κ1) is 36.6. The summed E-state index contributed by atoms with van der Waals surface area (Å²) in [5, 5.41) is 15.1. The number of unbranched alkanes of at least 4 members (excludes halogenated alkanes) is 4. The molecule has 3 rings (SSSR count). The minimum Gasteiger partial charge on any atom is -0.494 e. The van der Waals surface area contributed by atoms with E-state index in [0.717, 1.165) is 12.8 Å². The number of nitrogens with one attached hydrogen (secondary N) is 2. The molecular formula is C36H45N3O8. The second-order valence-electron chi connectivity index (χ2n) is 11.4. The quantitative estimate of drug-likeness (QED) is 0.0863. The number of aliphatic carboxylic acids is 1. The summed E-state index contributed by atoms with van der Waals surface area (Å²) in [6.07, 6.45) is 6.00. The monoisotopic (exact) mass is 647 g/mol. The van der Waals surface area contributed by atoms with E-state index in [0.29, 0.717) is 42.1 Å². The Labute approximate surface area is 276 Å². The van der Waals surface area contributed by atoms with Gasteiger partial charge >= 0.3 is 11.9 Å². The Morgan fingerprint density at radius 3 is 2.17 bits per heavy atom. The Hall–Kier alpha value is -4.90. The fourth-order valence-corrected chi connectivity index (χ4v) is 4.60. The molecule has 0 spiro atoms. The van der Waals surface area contributed by atoms with E-state index < -0.39 is 23.9 Å². The molecule has 0 bridgehead atoms. The van der Waals surface area contributed by atoms with Gasteiger partial charge in [-0.25, -0.2) is 9.59 Å². The summed E-state index contributed by atoms with van der Waals surface area (Å²) in [7, 11) is 5.17. The highest BCUT2D eigenvalue weighted by molar-refractivity contribution is 5.97. The Morgan fingerprint density at radius 1 is 0.851 bits per heavy atom. The number of anilines is 1. The molecule has 3 aromatic carbocycles. The van der Waals surface area contributed by atoms with Crippen LogP contribution in [0.4, 0.5) is 5.69 Å². The second kappa shape index (κ2) is 18.9. The van der Waals surface area contributed by atoms with E-state index in [4.69, 9.17) is 14.2 Å². The minimum atomic E-state index is -1.25. The Morgan fingerprint density at radius 2 is 1.53 bits per heavy atom. The van der Waals surface area contributed by atoms with Gasteiger partial charge in [-0.1, -0.05) is 38.7 Å². The van der Waals surface area contributed by atoms with Crippen LogP contribution < -0.4 is 24.8 Å². The van der Waals surface area contributed by atoms with Crippen LogP contribution in [-0.2, 0) is 16.0 Å². The highest BCUT2D eigenvalue weighted by atomic mass is 16.6. The van der Waals surface area contributed by atoms with Crippen LogP contribution in [0.2, 0.25) is 0 Å². The molecule has 0 fully saturated rings. The van der Waals surface area contributed by atoms with Crippen LogP contribution in [0.25, 0.3) is 0 Å². The van der Waals surface area contributed by atoms with E-state index in [9.17, 15) is 24.3 Å². The van der Waals surface area contributed by atoms with Gasteiger partial charge in [-0.15, -0.1) is 0 Å². The maximum Gasteiger partial charge on any atom is 0.343 e. The molecule has 1 atom stereocenters. The van der Waals surface area contributed by atoms with Gasteiger partial charge < -0.3 is 34.9 Å². The van der Waals surface area contributed by atoms with Crippen molar-refractivity contribution in [3.8, 4) is 17.2 Å². The number of carboxylic acids is 1. The Kier molecular flexibility index (Phi) is 14.7. The summed E-state index contributed by atoms with van der Waals surface area (Å²) in [6.45, 7) is 3.40. The third-order valence-electron chi connectivity index (χ3n) is 7.30. The van der Waals surface area contributed by atoms with Gasteiger partial charge in [0.15, 0.2) is 11.5 Å². The molecule has 0 radical (unpaired) electrons. The molecule has 0 aliphatic carbocycles. The van der Waals surface area contributed by atoms with Gasteiger partial charge in [0.1, 0.15) is 11.8 Å². The van der Waals surface area contributed by atoms with Crippen LogP contribution in [0.15, 0.2) is 66.7 Å². The average Bonchev–Trinajstić information content (AvgIpc) is 3.06. The molecule has 0 heterocycles. The van der Waals surface area contributed by atoms with E-state index in [-0.39, 0.29) is 29.4 Å². The van der Waals surface area contributed by atoms with E-state index in [1.54, 1.807) is 48.5 Å². The second-order valence-corrected chi connectivity index (χ2v) is 11.4. The smallest absolute Gasteiger partial charge is 0.343 e. The van der Waals surface area contributed by atoms with E-state index >= 15 is 0 Å². The summed E-state index contributed by atoms with van der Waals surface area (Å²) in [6, 6.07) is 16.4. The lowest BCUT2D eigenvalue weighted by atomic mass is 10.0. The first-order valence-electron chi connectivity index (χ1n) is 15.8. The lowest BCUT2D eigenvalue weighted by Crippen LogP contribution is -2.42. The van der Waals surface area contributed by atoms with E-state index in [1.165, 1.54) is 44.6 Å². The summed E-state index contributed by atoms with van der Waals surface area (Å²) in [5.74, 6) is -1.46. The SMILES string of the molecule is CCCCCCCOc1ccc(C(=O)Oc2ccc(CC(NC(=O)c3ccc(NC(=O)CCN(C)C)cc3)C(=O)O)cc2OC)cc1. The molecule has 11 heteroatoms. The van der Waals surface area contributed by atoms with Crippen LogP contribution in [0.3, 0.4) is 0 Å². The third-order valence-corrected chi connectivity index (χ3v) is 7.30. The van der Waals surface area contributed by atoms with Gasteiger partial charge in [0.2, 0.25) is 5.91 Å². The molecule has 0 saturated heterocycles. The predicted octanol–water partition coefficient (Wildman–Crippen LogP) is 5.58. The molecule has 1 unspecified atom stereocenters. The van der Waals surface area contributed by atoms with Gasteiger partial charge in [0.25, 0.3) is 5.91 Å². The third kappa shape index (κ3) is 12.4. The minimum absolute atomic E-state index is 0.0499. The van der Waals surface area contributed by atoms with Crippen molar-refractivity contribution >= 4 is 29.4 Å². The van der Waals surface area contributed by atoms with Crippen LogP contribution in [0.5, 0.6) is 17.2 Å². The normalized spacial score (nSPS) is 11.4. The number of carbonyl (C=O) groups is 4. The van der Waals surface area contributed by atoms with Crippen LogP contribution in [0, 0.1) is 0 Å². The van der Waals surface area contributed by atoms with Gasteiger partial charge in [-0.05, 0) is 86.7 Å². The largest absolute Gasteiger partial charge is 0.494 e. The number of nitrogens with zero attached hydrogens (tertiary/aromatic N) is 1. The zero-order valence-electron chi connectivity index (χ0n) is 27.5. The zero-order valence-corrected chi connectivity index (χ0v) is 27.5. The summed E-state index contributed by atoms with van der Waals surface area (Å²) in [5.41, 5.74) is 1.65. The van der Waals surface area contributed by atoms with Crippen molar-refractivity contribution in [3.63, 3.8) is 0 Å².